The van der Waals surface area contributed by atoms with Gasteiger partial charge in [-0.1, -0.05) is 18.2 Å². The first-order valence-corrected chi connectivity index (χ1v) is 11.9. The Hall–Kier alpha value is -4.57. The van der Waals surface area contributed by atoms with Crippen molar-refractivity contribution in [1.82, 2.24) is 15.0 Å². The Morgan fingerprint density at radius 3 is 2.73 bits per heavy atom. The predicted octanol–water partition coefficient (Wildman–Crippen LogP) is 3.51. The van der Waals surface area contributed by atoms with Crippen molar-refractivity contribution in [3.05, 3.63) is 83.9 Å². The Morgan fingerprint density at radius 2 is 1.89 bits per heavy atom. The molecule has 0 radical (unpaired) electrons. The zero-order chi connectivity index (χ0) is 25.6. The van der Waals surface area contributed by atoms with E-state index in [0.29, 0.717) is 53.3 Å². The number of methoxy groups -OCH3 is 1. The number of carbonyl (C=O) groups is 2. The van der Waals surface area contributed by atoms with Gasteiger partial charge in [0.05, 0.1) is 48.9 Å². The Labute approximate surface area is 213 Å². The summed E-state index contributed by atoms with van der Waals surface area (Å²) >= 11 is 0. The van der Waals surface area contributed by atoms with Crippen LogP contribution in [0.2, 0.25) is 0 Å². The first kappa shape index (κ1) is 24.1. The second-order valence-corrected chi connectivity index (χ2v) is 8.45. The lowest BCUT2D eigenvalue weighted by Crippen LogP contribution is -2.36. The van der Waals surface area contributed by atoms with E-state index in [1.165, 1.54) is 13.4 Å². The van der Waals surface area contributed by atoms with Crippen LogP contribution in [0.15, 0.2) is 67.3 Å². The normalized spacial score (nSPS) is 13.3. The van der Waals surface area contributed by atoms with Gasteiger partial charge in [-0.15, -0.1) is 0 Å². The molecule has 0 aliphatic carbocycles. The Kier molecular flexibility index (Phi) is 7.18. The molecule has 0 bridgehead atoms. The lowest BCUT2D eigenvalue weighted by molar-refractivity contribution is 0.0602. The Morgan fingerprint density at radius 1 is 1.05 bits per heavy atom. The van der Waals surface area contributed by atoms with Crippen molar-refractivity contribution in [2.45, 2.75) is 6.54 Å². The lowest BCUT2D eigenvalue weighted by Gasteiger charge is -2.28. The number of fused-ring (bicyclic) bond motifs is 1. The van der Waals surface area contributed by atoms with Crippen LogP contribution in [-0.4, -0.2) is 60.2 Å². The second kappa shape index (κ2) is 11.0. The SMILES string of the molecule is COC(=O)c1cccc2c(NCc3cccc(NC(=O)c4cncc(N5CCOCC5)c4)c3)ncnc12. The fraction of sp³-hybridized carbons (Fsp3) is 0.222. The predicted molar refractivity (Wildman–Crippen MR) is 140 cm³/mol. The van der Waals surface area contributed by atoms with Gasteiger partial charge in [-0.2, -0.15) is 0 Å². The van der Waals surface area contributed by atoms with Crippen LogP contribution in [0.25, 0.3) is 10.9 Å². The third-order valence-electron chi connectivity index (χ3n) is 6.08. The first-order chi connectivity index (χ1) is 18.1. The summed E-state index contributed by atoms with van der Waals surface area (Å²) in [4.78, 5) is 40.0. The number of esters is 1. The van der Waals surface area contributed by atoms with Crippen LogP contribution in [0.4, 0.5) is 17.2 Å². The smallest absolute Gasteiger partial charge is 0.340 e. The van der Waals surface area contributed by atoms with E-state index in [-0.39, 0.29) is 5.91 Å². The molecule has 10 nitrogen and oxygen atoms in total. The molecule has 1 amide bonds. The van der Waals surface area contributed by atoms with Gasteiger partial charge in [0.2, 0.25) is 0 Å². The fourth-order valence-electron chi connectivity index (χ4n) is 4.20. The number of rotatable bonds is 7. The summed E-state index contributed by atoms with van der Waals surface area (Å²) in [6.45, 7) is 3.32. The van der Waals surface area contributed by atoms with Gasteiger partial charge in [0.25, 0.3) is 5.91 Å². The third-order valence-corrected chi connectivity index (χ3v) is 6.08. The maximum absolute atomic E-state index is 12.9. The molecule has 0 saturated carbocycles. The molecule has 4 aromatic rings. The highest BCUT2D eigenvalue weighted by atomic mass is 16.5. The van der Waals surface area contributed by atoms with Crippen LogP contribution in [0.5, 0.6) is 0 Å². The summed E-state index contributed by atoms with van der Waals surface area (Å²) < 4.78 is 10.3. The van der Waals surface area contributed by atoms with Gasteiger partial charge in [-0.05, 0) is 35.9 Å². The molecule has 2 aromatic heterocycles. The molecular weight excluding hydrogens is 472 g/mol. The summed E-state index contributed by atoms with van der Waals surface area (Å²) in [7, 11) is 1.34. The maximum Gasteiger partial charge on any atom is 0.340 e. The van der Waals surface area contributed by atoms with Crippen molar-refractivity contribution in [3.63, 3.8) is 0 Å². The molecular formula is C27H26N6O4. The summed E-state index contributed by atoms with van der Waals surface area (Å²) in [6.07, 6.45) is 4.74. The molecule has 1 aliphatic heterocycles. The minimum Gasteiger partial charge on any atom is -0.465 e. The first-order valence-electron chi connectivity index (χ1n) is 11.9. The van der Waals surface area contributed by atoms with Gasteiger partial charge in [0.1, 0.15) is 12.1 Å². The van der Waals surface area contributed by atoms with Gasteiger partial charge in [0.15, 0.2) is 0 Å². The highest BCUT2D eigenvalue weighted by Crippen LogP contribution is 2.24. The summed E-state index contributed by atoms with van der Waals surface area (Å²) in [5.74, 6) is -0.0922. The van der Waals surface area contributed by atoms with E-state index in [1.54, 1.807) is 24.5 Å². The van der Waals surface area contributed by atoms with E-state index >= 15 is 0 Å². The Bertz CT molecular complexity index is 1440. The molecule has 3 heterocycles. The lowest BCUT2D eigenvalue weighted by atomic mass is 10.1. The van der Waals surface area contributed by atoms with E-state index < -0.39 is 5.97 Å². The topological polar surface area (TPSA) is 119 Å². The molecule has 0 atom stereocenters. The molecule has 10 heteroatoms. The van der Waals surface area contributed by atoms with Crippen molar-refractivity contribution >= 4 is 40.0 Å². The number of amides is 1. The fourth-order valence-corrected chi connectivity index (χ4v) is 4.20. The number of morpholine rings is 1. The molecule has 1 aliphatic rings. The highest BCUT2D eigenvalue weighted by Gasteiger charge is 2.15. The van der Waals surface area contributed by atoms with Crippen LogP contribution >= 0.6 is 0 Å². The van der Waals surface area contributed by atoms with Crippen molar-refractivity contribution < 1.29 is 19.1 Å². The highest BCUT2D eigenvalue weighted by molar-refractivity contribution is 6.05. The molecule has 37 heavy (non-hydrogen) atoms. The molecule has 0 unspecified atom stereocenters. The molecule has 1 fully saturated rings. The number of para-hydroxylation sites is 1. The van der Waals surface area contributed by atoms with Gasteiger partial charge in [-0.25, -0.2) is 14.8 Å². The number of hydrogen-bond acceptors (Lipinski definition) is 9. The van der Waals surface area contributed by atoms with Gasteiger partial charge >= 0.3 is 5.97 Å². The van der Waals surface area contributed by atoms with E-state index in [0.717, 1.165) is 24.3 Å². The Balaban J connectivity index is 1.28. The number of hydrogen-bond donors (Lipinski definition) is 2. The van der Waals surface area contributed by atoms with E-state index in [2.05, 4.69) is 30.5 Å². The van der Waals surface area contributed by atoms with E-state index in [9.17, 15) is 9.59 Å². The number of aromatic nitrogens is 3. The number of pyridine rings is 1. The van der Waals surface area contributed by atoms with Crippen molar-refractivity contribution in [1.29, 1.82) is 0 Å². The summed E-state index contributed by atoms with van der Waals surface area (Å²) in [5, 5.41) is 6.97. The van der Waals surface area contributed by atoms with Gasteiger partial charge in [0, 0.05) is 36.9 Å². The number of benzene rings is 2. The van der Waals surface area contributed by atoms with Crippen molar-refractivity contribution in [2.24, 2.45) is 0 Å². The average Bonchev–Trinajstić information content (AvgIpc) is 2.96. The van der Waals surface area contributed by atoms with Gasteiger partial charge < -0.3 is 25.0 Å². The van der Waals surface area contributed by atoms with E-state index in [1.807, 2.05) is 36.4 Å². The van der Waals surface area contributed by atoms with Crippen molar-refractivity contribution in [2.75, 3.05) is 48.9 Å². The molecule has 5 rings (SSSR count). The number of carbonyl (C=O) groups excluding carboxylic acids is 2. The summed E-state index contributed by atoms with van der Waals surface area (Å²) in [5.41, 5.74) is 3.89. The minimum atomic E-state index is -0.454. The molecule has 188 valence electrons. The molecule has 2 N–H and O–H groups in total. The zero-order valence-corrected chi connectivity index (χ0v) is 20.3. The maximum atomic E-state index is 12.9. The van der Waals surface area contributed by atoms with Crippen LogP contribution in [0, 0.1) is 0 Å². The van der Waals surface area contributed by atoms with Gasteiger partial charge in [-0.3, -0.25) is 9.78 Å². The monoisotopic (exact) mass is 498 g/mol. The number of nitrogens with zero attached hydrogens (tertiary/aromatic N) is 4. The second-order valence-electron chi connectivity index (χ2n) is 8.45. The molecule has 2 aromatic carbocycles. The van der Waals surface area contributed by atoms with Crippen LogP contribution in [-0.2, 0) is 16.0 Å². The number of anilines is 3. The summed E-state index contributed by atoms with van der Waals surface area (Å²) in [6, 6.07) is 14.7. The number of nitrogens with one attached hydrogen (secondary N) is 2. The largest absolute Gasteiger partial charge is 0.465 e. The van der Waals surface area contributed by atoms with Crippen LogP contribution in [0.3, 0.4) is 0 Å². The van der Waals surface area contributed by atoms with E-state index in [4.69, 9.17) is 9.47 Å². The average molecular weight is 499 g/mol. The number of ether oxygens (including phenoxy) is 2. The van der Waals surface area contributed by atoms with Crippen molar-refractivity contribution in [3.8, 4) is 0 Å². The molecule has 1 saturated heterocycles. The van der Waals surface area contributed by atoms with Crippen LogP contribution in [0.1, 0.15) is 26.3 Å². The third kappa shape index (κ3) is 5.49. The minimum absolute atomic E-state index is 0.232. The molecule has 0 spiro atoms. The quantitative estimate of drug-likeness (QED) is 0.369. The standard InChI is InChI=1S/C27H26N6O4/c1-36-27(35)23-7-3-6-22-24(23)30-17-31-25(22)29-14-18-4-2-5-20(12-18)32-26(34)19-13-21(16-28-15-19)33-8-10-37-11-9-33/h2-7,12-13,15-17H,8-11,14H2,1H3,(H,32,34)(H,29,30,31). The van der Waals surface area contributed by atoms with Crippen LogP contribution < -0.4 is 15.5 Å². The zero-order valence-electron chi connectivity index (χ0n) is 20.3.